The molecule has 5 heteroatoms. The average molecular weight is 102 g/mol. The first-order valence-electron chi connectivity index (χ1n) is 2.00. The van der Waals surface area contributed by atoms with Gasteiger partial charge in [0.1, 0.15) is 5.22 Å². The lowest BCUT2D eigenvalue weighted by molar-refractivity contribution is -0.649. The lowest BCUT2D eigenvalue weighted by atomic mass is 11.0. The summed E-state index contributed by atoms with van der Waals surface area (Å²) in [6.45, 7) is 0.691. The van der Waals surface area contributed by atoms with E-state index in [0.29, 0.717) is 6.67 Å². The molecule has 0 atom stereocenters. The van der Waals surface area contributed by atoms with Gasteiger partial charge in [0.05, 0.1) is 7.05 Å². The van der Waals surface area contributed by atoms with Gasteiger partial charge in [0.25, 0.3) is 0 Å². The van der Waals surface area contributed by atoms with Crippen LogP contribution in [0.4, 0.5) is 0 Å². The fourth-order valence-electron chi connectivity index (χ4n) is 0.403. The first-order chi connectivity index (χ1) is 3.29. The zero-order valence-electron chi connectivity index (χ0n) is 4.13. The van der Waals surface area contributed by atoms with E-state index in [1.807, 2.05) is 7.05 Å². The summed E-state index contributed by atoms with van der Waals surface area (Å²) in [7, 11) is 1.83. The minimum Gasteiger partial charge on any atom is -0.229 e. The van der Waals surface area contributed by atoms with Crippen molar-refractivity contribution in [2.75, 3.05) is 13.7 Å². The van der Waals surface area contributed by atoms with Crippen molar-refractivity contribution in [1.82, 2.24) is 10.4 Å². The van der Waals surface area contributed by atoms with Crippen LogP contribution in [0.2, 0.25) is 0 Å². The van der Waals surface area contributed by atoms with Crippen molar-refractivity contribution in [1.29, 1.82) is 0 Å². The normalized spacial score (nSPS) is 19.0. The van der Waals surface area contributed by atoms with Gasteiger partial charge in [-0.3, -0.25) is 0 Å². The van der Waals surface area contributed by atoms with Crippen molar-refractivity contribution in [2.24, 2.45) is 11.1 Å². The van der Waals surface area contributed by atoms with Crippen LogP contribution in [0.15, 0.2) is 5.22 Å². The summed E-state index contributed by atoms with van der Waals surface area (Å²) in [5.41, 5.74) is 2.74. The molecule has 0 saturated heterocycles. The smallest absolute Gasteiger partial charge is 0.211 e. The molecule has 0 aromatic carbocycles. The number of hydrazine groups is 2. The first kappa shape index (κ1) is 4.17. The molecule has 0 fully saturated rings. The highest BCUT2D eigenvalue weighted by Gasteiger charge is 2.10. The summed E-state index contributed by atoms with van der Waals surface area (Å²) < 4.78 is 0. The van der Waals surface area contributed by atoms with E-state index in [9.17, 15) is 0 Å². The molecule has 1 aliphatic rings. The van der Waals surface area contributed by atoms with Gasteiger partial charge in [-0.05, 0) is 0 Å². The maximum Gasteiger partial charge on any atom is 0.211 e. The Morgan fingerprint density at radius 2 is 2.71 bits per heavy atom. The number of nitrogens with zero attached hydrogens (tertiary/aromatic N) is 3. The van der Waals surface area contributed by atoms with Crippen LogP contribution in [0, 0.1) is 0 Å². The molecule has 0 unspecified atom stereocenters. The van der Waals surface area contributed by atoms with Crippen molar-refractivity contribution >= 4 is 0 Å². The van der Waals surface area contributed by atoms with Gasteiger partial charge >= 0.3 is 0 Å². The van der Waals surface area contributed by atoms with Gasteiger partial charge in [-0.25, -0.2) is 5.84 Å². The van der Waals surface area contributed by atoms with Crippen LogP contribution >= 0.6 is 0 Å². The zero-order valence-corrected chi connectivity index (χ0v) is 4.13. The van der Waals surface area contributed by atoms with E-state index in [4.69, 9.17) is 5.84 Å². The van der Waals surface area contributed by atoms with Crippen LogP contribution in [0.3, 0.4) is 0 Å². The Balaban J connectivity index is 2.50. The van der Waals surface area contributed by atoms with Gasteiger partial charge in [0, 0.05) is 4.92 Å². The summed E-state index contributed by atoms with van der Waals surface area (Å²) in [5.74, 6) is 5.14. The lowest BCUT2D eigenvalue weighted by Crippen LogP contribution is -2.29. The highest BCUT2D eigenvalue weighted by Crippen LogP contribution is 1.83. The molecular weight excluding hydrogens is 94.1 g/mol. The molecule has 40 valence electrons. The van der Waals surface area contributed by atoms with E-state index >= 15 is 0 Å². The molecule has 1 heterocycles. The Bertz CT molecular complexity index is 96.3. The summed E-state index contributed by atoms with van der Waals surface area (Å²) in [4.78, 5) is 1.18. The van der Waals surface area contributed by atoms with Crippen LogP contribution in [0.5, 0.6) is 0 Å². The van der Waals surface area contributed by atoms with Gasteiger partial charge in [0.2, 0.25) is 6.67 Å². The Hall–Kier alpha value is -1.00. The fourth-order valence-corrected chi connectivity index (χ4v) is 0.403. The minimum atomic E-state index is 0.691. The molecule has 0 amide bonds. The van der Waals surface area contributed by atoms with Crippen molar-refractivity contribution in [3.05, 3.63) is 0 Å². The Morgan fingerprint density at radius 1 is 2.00 bits per heavy atom. The SMILES string of the molecule is CN1CN[N+](N)=N1. The van der Waals surface area contributed by atoms with E-state index in [1.165, 1.54) is 4.92 Å². The molecule has 1 aliphatic heterocycles. The molecule has 0 spiro atoms. The molecule has 3 N–H and O–H groups in total. The number of hydrogen-bond acceptors (Lipinski definition) is 4. The van der Waals surface area contributed by atoms with Crippen LogP contribution in [-0.4, -0.2) is 23.6 Å². The monoisotopic (exact) mass is 102 g/mol. The van der Waals surface area contributed by atoms with Crippen molar-refractivity contribution in [3.8, 4) is 0 Å². The largest absolute Gasteiger partial charge is 0.229 e. The van der Waals surface area contributed by atoms with Gasteiger partial charge in [-0.1, -0.05) is 0 Å². The van der Waals surface area contributed by atoms with E-state index in [1.54, 1.807) is 5.01 Å². The molecule has 5 nitrogen and oxygen atoms in total. The lowest BCUT2D eigenvalue weighted by Gasteiger charge is -1.85. The molecule has 0 aromatic heterocycles. The fraction of sp³-hybridized carbons (Fsp3) is 1.00. The van der Waals surface area contributed by atoms with E-state index < -0.39 is 0 Å². The average Bonchev–Trinajstić information content (AvgIpc) is 1.87. The molecule has 1 rings (SSSR count). The summed E-state index contributed by atoms with van der Waals surface area (Å²) in [6, 6.07) is 0. The highest BCUT2D eigenvalue weighted by molar-refractivity contribution is 4.28. The van der Waals surface area contributed by atoms with Gasteiger partial charge in [-0.15, -0.1) is 5.01 Å². The second kappa shape index (κ2) is 1.25. The zero-order chi connectivity index (χ0) is 5.28. The number of nitrogens with two attached hydrogens (primary N) is 1. The maximum absolute atomic E-state index is 5.14. The third-order valence-electron chi connectivity index (χ3n) is 0.711. The molecule has 0 radical (unpaired) electrons. The summed E-state index contributed by atoms with van der Waals surface area (Å²) in [5, 5.41) is 5.42. The van der Waals surface area contributed by atoms with Crippen molar-refractivity contribution in [2.45, 2.75) is 0 Å². The molecule has 0 saturated carbocycles. The predicted molar refractivity (Wildman–Crippen MR) is 22.6 cm³/mol. The summed E-state index contributed by atoms with van der Waals surface area (Å²) in [6.07, 6.45) is 0. The van der Waals surface area contributed by atoms with Gasteiger partial charge in [-0.2, -0.15) is 5.43 Å². The number of nitrogens with one attached hydrogen (secondary N) is 1. The van der Waals surface area contributed by atoms with Gasteiger partial charge in [0.15, 0.2) is 0 Å². The first-order valence-corrected chi connectivity index (χ1v) is 2.00. The Morgan fingerprint density at radius 3 is 2.86 bits per heavy atom. The van der Waals surface area contributed by atoms with E-state index in [2.05, 4.69) is 10.6 Å². The standard InChI is InChI=1S/C2H8N5/c1-6-2-4-7(3)5-6/h2H2,1H3,(H3,3,4,5)/q+1. The molecule has 0 aromatic rings. The molecule has 7 heavy (non-hydrogen) atoms. The topological polar surface area (TPSA) is 56.7 Å². The Labute approximate surface area is 41.3 Å². The molecule has 0 bridgehead atoms. The van der Waals surface area contributed by atoms with Gasteiger partial charge < -0.3 is 0 Å². The predicted octanol–water partition coefficient (Wildman–Crippen LogP) is -1.35. The van der Waals surface area contributed by atoms with Crippen LogP contribution < -0.4 is 11.3 Å². The third kappa shape index (κ3) is 0.703. The number of rotatable bonds is 0. The van der Waals surface area contributed by atoms with Crippen LogP contribution in [0.1, 0.15) is 0 Å². The van der Waals surface area contributed by atoms with E-state index in [0.717, 1.165) is 0 Å². The summed E-state index contributed by atoms with van der Waals surface area (Å²) >= 11 is 0. The van der Waals surface area contributed by atoms with Crippen molar-refractivity contribution < 1.29 is 4.92 Å². The van der Waals surface area contributed by atoms with Crippen LogP contribution in [0.25, 0.3) is 0 Å². The second-order valence-electron chi connectivity index (χ2n) is 1.41. The second-order valence-corrected chi connectivity index (χ2v) is 1.41. The highest BCUT2D eigenvalue weighted by atomic mass is 15.9. The number of hydrogen-bond donors (Lipinski definition) is 2. The van der Waals surface area contributed by atoms with Crippen molar-refractivity contribution in [3.63, 3.8) is 0 Å². The molecule has 0 aliphatic carbocycles. The maximum atomic E-state index is 5.14. The third-order valence-corrected chi connectivity index (χ3v) is 0.711. The quantitative estimate of drug-likeness (QED) is 0.293. The minimum absolute atomic E-state index is 0.691. The van der Waals surface area contributed by atoms with E-state index in [-0.39, 0.29) is 0 Å². The van der Waals surface area contributed by atoms with Crippen LogP contribution in [-0.2, 0) is 0 Å². The Kier molecular flexibility index (Phi) is 0.744. The molecular formula is C2H8N5+.